The van der Waals surface area contributed by atoms with Gasteiger partial charge in [0, 0.05) is 24.9 Å². The monoisotopic (exact) mass is 640 g/mol. The molecule has 48 heavy (non-hydrogen) atoms. The van der Waals surface area contributed by atoms with E-state index < -0.39 is 0 Å². The van der Waals surface area contributed by atoms with Gasteiger partial charge in [0.25, 0.3) is 0 Å². The average molecular weight is 641 g/mol. The molecule has 2 aliphatic rings. The molecule has 246 valence electrons. The highest BCUT2D eigenvalue weighted by atomic mass is 16.5. The fourth-order valence-electron chi connectivity index (χ4n) is 6.90. The number of fused-ring (bicyclic) bond motifs is 1. The van der Waals surface area contributed by atoms with Crippen molar-refractivity contribution in [1.29, 1.82) is 0 Å². The predicted molar refractivity (Wildman–Crippen MR) is 191 cm³/mol. The maximum Gasteiger partial charge on any atom is 0.0938 e. The molecule has 4 unspecified atom stereocenters. The zero-order valence-corrected chi connectivity index (χ0v) is 27.3. The SMILES string of the molecule is c1ccc(-c2ccc(COC3CNCCC3c3ccoc3)cc2)cc1.c1ccc2cc(COC3CNCCC3c3ccoc3)ccc2c1. The third-order valence-electron chi connectivity index (χ3n) is 9.60. The number of hydrogen-bond acceptors (Lipinski definition) is 6. The van der Waals surface area contributed by atoms with E-state index in [-0.39, 0.29) is 12.2 Å². The molecular weight excluding hydrogens is 596 g/mol. The van der Waals surface area contributed by atoms with E-state index >= 15 is 0 Å². The molecule has 4 aromatic carbocycles. The van der Waals surface area contributed by atoms with E-state index in [2.05, 4.69) is 114 Å². The van der Waals surface area contributed by atoms with Crippen LogP contribution in [0.4, 0.5) is 0 Å². The molecule has 0 aliphatic carbocycles. The van der Waals surface area contributed by atoms with Crippen molar-refractivity contribution in [2.75, 3.05) is 26.2 Å². The second kappa shape index (κ2) is 16.1. The molecule has 0 amide bonds. The van der Waals surface area contributed by atoms with Gasteiger partial charge in [0.05, 0.1) is 50.5 Å². The minimum absolute atomic E-state index is 0.181. The lowest BCUT2D eigenvalue weighted by Crippen LogP contribution is -2.40. The van der Waals surface area contributed by atoms with E-state index in [0.29, 0.717) is 25.0 Å². The molecule has 6 aromatic rings. The van der Waals surface area contributed by atoms with Gasteiger partial charge in [-0.2, -0.15) is 0 Å². The van der Waals surface area contributed by atoms with Gasteiger partial charge in [-0.25, -0.2) is 0 Å². The Labute approximate surface area is 283 Å². The lowest BCUT2D eigenvalue weighted by atomic mass is 9.89. The Bertz CT molecular complexity index is 1800. The van der Waals surface area contributed by atoms with E-state index in [4.69, 9.17) is 18.3 Å². The van der Waals surface area contributed by atoms with E-state index in [1.54, 1.807) is 12.5 Å². The Balaban J connectivity index is 0.000000152. The number of nitrogens with one attached hydrogen (secondary N) is 2. The first-order chi connectivity index (χ1) is 23.8. The maximum atomic E-state index is 6.25. The summed E-state index contributed by atoms with van der Waals surface area (Å²) in [6.45, 7) is 5.12. The largest absolute Gasteiger partial charge is 0.472 e. The van der Waals surface area contributed by atoms with Gasteiger partial charge in [-0.15, -0.1) is 0 Å². The highest BCUT2D eigenvalue weighted by Gasteiger charge is 2.29. The Hall–Kier alpha value is -4.46. The number of piperidine rings is 2. The van der Waals surface area contributed by atoms with Crippen LogP contribution in [0.1, 0.15) is 46.9 Å². The molecule has 0 spiro atoms. The summed E-state index contributed by atoms with van der Waals surface area (Å²) in [6.07, 6.45) is 9.73. The number of ether oxygens (including phenoxy) is 2. The molecule has 0 bridgehead atoms. The summed E-state index contributed by atoms with van der Waals surface area (Å²) in [5, 5.41) is 9.41. The molecule has 2 fully saturated rings. The zero-order chi connectivity index (χ0) is 32.4. The van der Waals surface area contributed by atoms with Crippen LogP contribution in [0.3, 0.4) is 0 Å². The van der Waals surface area contributed by atoms with Crippen molar-refractivity contribution >= 4 is 10.8 Å². The van der Waals surface area contributed by atoms with Crippen LogP contribution in [0.5, 0.6) is 0 Å². The molecule has 0 saturated carbocycles. The fraction of sp³-hybridized carbons (Fsp3) is 0.286. The molecule has 2 saturated heterocycles. The van der Waals surface area contributed by atoms with Gasteiger partial charge in [0.2, 0.25) is 0 Å². The van der Waals surface area contributed by atoms with Crippen LogP contribution < -0.4 is 10.6 Å². The lowest BCUT2D eigenvalue weighted by molar-refractivity contribution is 0.0104. The number of benzene rings is 4. The maximum absolute atomic E-state index is 6.25. The molecule has 2 aliphatic heterocycles. The Morgan fingerprint density at radius 1 is 0.542 bits per heavy atom. The molecule has 6 heteroatoms. The summed E-state index contributed by atoms with van der Waals surface area (Å²) >= 11 is 0. The summed E-state index contributed by atoms with van der Waals surface area (Å²) in [5.41, 5.74) is 7.39. The molecule has 4 atom stereocenters. The van der Waals surface area contributed by atoms with Gasteiger partial charge in [-0.1, -0.05) is 91.0 Å². The topological polar surface area (TPSA) is 68.8 Å². The van der Waals surface area contributed by atoms with Crippen molar-refractivity contribution in [3.05, 3.63) is 157 Å². The van der Waals surface area contributed by atoms with Gasteiger partial charge >= 0.3 is 0 Å². The number of furan rings is 2. The van der Waals surface area contributed by atoms with Crippen LogP contribution in [0.25, 0.3) is 21.9 Å². The van der Waals surface area contributed by atoms with Crippen LogP contribution in [0, 0.1) is 0 Å². The zero-order valence-electron chi connectivity index (χ0n) is 27.3. The van der Waals surface area contributed by atoms with Gasteiger partial charge in [0.1, 0.15) is 0 Å². The summed E-state index contributed by atoms with van der Waals surface area (Å²) in [7, 11) is 0. The second-order valence-corrected chi connectivity index (χ2v) is 12.8. The average Bonchev–Trinajstić information content (AvgIpc) is 3.90. The quantitative estimate of drug-likeness (QED) is 0.165. The third-order valence-corrected chi connectivity index (χ3v) is 9.60. The van der Waals surface area contributed by atoms with Crippen LogP contribution in [-0.2, 0) is 22.7 Å². The fourth-order valence-corrected chi connectivity index (χ4v) is 6.90. The normalized spacial score (nSPS) is 21.0. The molecule has 4 heterocycles. The lowest BCUT2D eigenvalue weighted by Gasteiger charge is -2.31. The Morgan fingerprint density at radius 2 is 1.08 bits per heavy atom. The Kier molecular flexibility index (Phi) is 10.8. The second-order valence-electron chi connectivity index (χ2n) is 12.8. The van der Waals surface area contributed by atoms with Crippen molar-refractivity contribution in [2.45, 2.75) is 50.1 Å². The van der Waals surface area contributed by atoms with E-state index in [0.717, 1.165) is 39.0 Å². The smallest absolute Gasteiger partial charge is 0.0938 e. The predicted octanol–water partition coefficient (Wildman–Crippen LogP) is 8.70. The van der Waals surface area contributed by atoms with Crippen LogP contribution in [-0.4, -0.2) is 38.4 Å². The third kappa shape index (κ3) is 8.15. The summed E-state index contributed by atoms with van der Waals surface area (Å²) in [4.78, 5) is 0. The first-order valence-corrected chi connectivity index (χ1v) is 17.1. The van der Waals surface area contributed by atoms with E-state index in [1.807, 2.05) is 18.6 Å². The van der Waals surface area contributed by atoms with Gasteiger partial charge in [-0.3, -0.25) is 0 Å². The van der Waals surface area contributed by atoms with Crippen molar-refractivity contribution < 1.29 is 18.3 Å². The highest BCUT2D eigenvalue weighted by Crippen LogP contribution is 2.30. The minimum atomic E-state index is 0.181. The number of rotatable bonds is 9. The molecule has 6 nitrogen and oxygen atoms in total. The Morgan fingerprint density at radius 3 is 1.69 bits per heavy atom. The van der Waals surface area contributed by atoms with Gasteiger partial charge in [0.15, 0.2) is 0 Å². The van der Waals surface area contributed by atoms with Crippen molar-refractivity contribution in [3.63, 3.8) is 0 Å². The first kappa shape index (κ1) is 32.1. The molecule has 8 rings (SSSR count). The highest BCUT2D eigenvalue weighted by molar-refractivity contribution is 5.82. The van der Waals surface area contributed by atoms with Gasteiger partial charge in [-0.05, 0) is 88.3 Å². The van der Waals surface area contributed by atoms with Crippen LogP contribution in [0.15, 0.2) is 143 Å². The van der Waals surface area contributed by atoms with Crippen molar-refractivity contribution in [3.8, 4) is 11.1 Å². The molecule has 2 N–H and O–H groups in total. The molecular formula is C42H44N2O4. The standard InChI is InChI=1S/C22H23NO2.C20H21NO2/c1-2-4-18(5-3-1)19-8-6-17(7-9-19)15-25-22-14-23-12-10-21(22)20-11-13-24-16-20;1-2-4-17-11-15(5-6-16(17)3-1)13-23-20-12-21-9-7-19(20)18-8-10-22-14-18/h1-9,11,13,16,21-23H,10,12,14-15H2;1-6,8,10-11,14,19-21H,7,9,12-13H2. The number of hydrogen-bond donors (Lipinski definition) is 2. The summed E-state index contributed by atoms with van der Waals surface area (Å²) < 4.78 is 23.0. The van der Waals surface area contributed by atoms with E-state index in [9.17, 15) is 0 Å². The van der Waals surface area contributed by atoms with Crippen molar-refractivity contribution in [1.82, 2.24) is 10.6 Å². The molecule has 2 aromatic heterocycles. The summed E-state index contributed by atoms with van der Waals surface area (Å²) in [6, 6.07) is 38.2. The summed E-state index contributed by atoms with van der Waals surface area (Å²) in [5.74, 6) is 0.819. The van der Waals surface area contributed by atoms with Crippen molar-refractivity contribution in [2.24, 2.45) is 0 Å². The minimum Gasteiger partial charge on any atom is -0.472 e. The first-order valence-electron chi connectivity index (χ1n) is 17.1. The van der Waals surface area contributed by atoms with E-state index in [1.165, 1.54) is 44.2 Å². The van der Waals surface area contributed by atoms with Crippen LogP contribution in [0.2, 0.25) is 0 Å². The van der Waals surface area contributed by atoms with Crippen LogP contribution >= 0.6 is 0 Å². The molecule has 0 radical (unpaired) electrons. The van der Waals surface area contributed by atoms with Gasteiger partial charge < -0.3 is 28.9 Å².